The Hall–Kier alpha value is -4.20. The zero-order valence-electron chi connectivity index (χ0n) is 23.7. The van der Waals surface area contributed by atoms with E-state index in [0.717, 1.165) is 53.9 Å². The van der Waals surface area contributed by atoms with Gasteiger partial charge in [-0.2, -0.15) is 4.98 Å². The molecule has 7 nitrogen and oxygen atoms in total. The van der Waals surface area contributed by atoms with Crippen molar-refractivity contribution < 1.29 is 14.7 Å². The van der Waals surface area contributed by atoms with Crippen LogP contribution in [0.3, 0.4) is 0 Å². The third-order valence-electron chi connectivity index (χ3n) is 8.11. The summed E-state index contributed by atoms with van der Waals surface area (Å²) >= 11 is 11.8. The summed E-state index contributed by atoms with van der Waals surface area (Å²) in [5.41, 5.74) is 16.5. The van der Waals surface area contributed by atoms with Crippen molar-refractivity contribution in [1.82, 2.24) is 9.97 Å². The van der Waals surface area contributed by atoms with Crippen LogP contribution in [0.25, 0.3) is 16.9 Å². The number of aliphatic hydroxyl groups is 1. The largest absolute Gasteiger partial charge is 0.507 e. The van der Waals surface area contributed by atoms with E-state index in [0.29, 0.717) is 33.5 Å². The Morgan fingerprint density at radius 3 is 1.93 bits per heavy atom. The third-order valence-corrected chi connectivity index (χ3v) is 8.61. The number of nitrogen functional groups attached to an aromatic ring is 2. The molecule has 0 aliphatic heterocycles. The van der Waals surface area contributed by atoms with E-state index in [2.05, 4.69) is 22.1 Å². The number of aryl methyl sites for hydroxylation is 1. The Labute approximate surface area is 260 Å². The number of nitrogens with two attached hydrogens (primary N) is 2. The normalized spacial score (nSPS) is 18.1. The first-order valence-corrected chi connectivity index (χ1v) is 15.0. The molecule has 1 fully saturated rings. The third kappa shape index (κ3) is 6.43. The van der Waals surface area contributed by atoms with Gasteiger partial charge < -0.3 is 16.6 Å². The first-order chi connectivity index (χ1) is 20.7. The summed E-state index contributed by atoms with van der Waals surface area (Å²) in [6.07, 6.45) is 4.16. The highest BCUT2D eigenvalue weighted by Crippen LogP contribution is 2.42. The van der Waals surface area contributed by atoms with Gasteiger partial charge in [-0.1, -0.05) is 78.7 Å². The van der Waals surface area contributed by atoms with Crippen molar-refractivity contribution in [3.63, 3.8) is 0 Å². The number of rotatable bonds is 4. The number of anilines is 2. The van der Waals surface area contributed by atoms with E-state index in [9.17, 15) is 14.7 Å². The number of hydrogen-bond acceptors (Lipinski definition) is 7. The van der Waals surface area contributed by atoms with Gasteiger partial charge in [0.25, 0.3) is 0 Å². The van der Waals surface area contributed by atoms with Crippen LogP contribution < -0.4 is 11.5 Å². The molecule has 3 aromatic carbocycles. The number of carbonyl (C=O) groups is 2. The number of aliphatic hydroxyl groups excluding tert-OH is 1. The van der Waals surface area contributed by atoms with Gasteiger partial charge in [-0.3, -0.25) is 9.59 Å². The van der Waals surface area contributed by atoms with Gasteiger partial charge in [0.15, 0.2) is 0 Å². The maximum atomic E-state index is 12.6. The molecule has 1 saturated carbocycles. The molecule has 0 unspecified atom stereocenters. The van der Waals surface area contributed by atoms with Crippen LogP contribution in [0.1, 0.15) is 65.7 Å². The molecule has 5 N–H and O–H groups in total. The van der Waals surface area contributed by atoms with Gasteiger partial charge >= 0.3 is 0 Å². The summed E-state index contributed by atoms with van der Waals surface area (Å²) in [7, 11) is 0. The average Bonchev–Trinajstić information content (AvgIpc) is 3.01. The van der Waals surface area contributed by atoms with Gasteiger partial charge in [0.05, 0.1) is 5.69 Å². The maximum Gasteiger partial charge on any atom is 0.234 e. The van der Waals surface area contributed by atoms with Crippen LogP contribution in [0, 0.1) is 5.92 Å². The van der Waals surface area contributed by atoms with Crippen molar-refractivity contribution in [3.05, 3.63) is 111 Å². The fourth-order valence-electron chi connectivity index (χ4n) is 5.95. The lowest BCUT2D eigenvalue weighted by atomic mass is 9.72. The molecule has 2 aliphatic carbocycles. The zero-order chi connectivity index (χ0) is 30.7. The predicted molar refractivity (Wildman–Crippen MR) is 172 cm³/mol. The lowest BCUT2D eigenvalue weighted by molar-refractivity contribution is -0.112. The van der Waals surface area contributed by atoms with E-state index in [1.807, 2.05) is 43.3 Å². The van der Waals surface area contributed by atoms with E-state index in [-0.39, 0.29) is 17.6 Å². The molecule has 0 amide bonds. The number of nitrogens with zero attached hydrogens (tertiary/aromatic N) is 2. The Balaban J connectivity index is 0.000000188. The average molecular weight is 616 g/mol. The van der Waals surface area contributed by atoms with Gasteiger partial charge in [0.2, 0.25) is 17.5 Å². The number of ketones is 2. The summed E-state index contributed by atoms with van der Waals surface area (Å²) in [5, 5.41) is 12.1. The summed E-state index contributed by atoms with van der Waals surface area (Å²) in [4.78, 5) is 33.2. The fraction of sp³-hybridized carbons (Fsp3) is 0.235. The molecular weight excluding hydrogens is 583 g/mol. The molecule has 1 aromatic heterocycles. The number of benzene rings is 3. The second kappa shape index (κ2) is 13.0. The van der Waals surface area contributed by atoms with Crippen LogP contribution in [0.4, 0.5) is 11.8 Å². The standard InChI is InChI=1S/C22H19ClO3.C12H13ClN4/c23-16-11-9-14(10-12-16)13-5-7-15(8-6-13)19-20(24)17-3-1-2-4-18(17)21(25)22(19)26;1-2-9-10(11(14)17-12(15)16-9)7-3-5-8(13)6-4-7/h1-4,9-13,15,24H,5-8H2;3-6H,2H2,1H3,(H4,14,15,16,17). The van der Waals surface area contributed by atoms with Crippen LogP contribution in [-0.2, 0) is 11.2 Å². The fourth-order valence-corrected chi connectivity index (χ4v) is 6.20. The number of allylic oxidation sites excluding steroid dienone is 1. The molecular formula is C34H32Cl2N4O3. The van der Waals surface area contributed by atoms with Crippen LogP contribution in [-0.4, -0.2) is 26.6 Å². The van der Waals surface area contributed by atoms with Crippen molar-refractivity contribution in [2.24, 2.45) is 5.92 Å². The molecule has 4 aromatic rings. The van der Waals surface area contributed by atoms with Crippen molar-refractivity contribution in [2.75, 3.05) is 11.5 Å². The molecule has 220 valence electrons. The van der Waals surface area contributed by atoms with Crippen LogP contribution >= 0.6 is 23.2 Å². The van der Waals surface area contributed by atoms with Gasteiger partial charge in [-0.25, -0.2) is 4.98 Å². The first kappa shape index (κ1) is 30.3. The molecule has 1 heterocycles. The highest BCUT2D eigenvalue weighted by Gasteiger charge is 2.38. The van der Waals surface area contributed by atoms with Gasteiger partial charge in [-0.15, -0.1) is 0 Å². The molecule has 0 radical (unpaired) electrons. The number of carbonyl (C=O) groups excluding carboxylic acids is 2. The summed E-state index contributed by atoms with van der Waals surface area (Å²) in [6, 6.07) is 22.1. The maximum absolute atomic E-state index is 12.6. The topological polar surface area (TPSA) is 132 Å². The summed E-state index contributed by atoms with van der Waals surface area (Å²) in [6.45, 7) is 2.00. The second-order valence-electron chi connectivity index (χ2n) is 10.7. The Morgan fingerprint density at radius 1 is 0.767 bits per heavy atom. The molecule has 0 atom stereocenters. The molecule has 43 heavy (non-hydrogen) atoms. The first-order valence-electron chi connectivity index (χ1n) is 14.2. The molecule has 0 saturated heterocycles. The summed E-state index contributed by atoms with van der Waals surface area (Å²) < 4.78 is 0. The minimum Gasteiger partial charge on any atom is -0.507 e. The molecule has 9 heteroatoms. The van der Waals surface area contributed by atoms with E-state index < -0.39 is 11.6 Å². The Kier molecular flexibility index (Phi) is 9.14. The summed E-state index contributed by atoms with van der Waals surface area (Å²) in [5.74, 6) is -0.102. The van der Waals surface area contributed by atoms with Crippen molar-refractivity contribution in [3.8, 4) is 11.1 Å². The van der Waals surface area contributed by atoms with Crippen LogP contribution in [0.2, 0.25) is 10.0 Å². The highest BCUT2D eigenvalue weighted by molar-refractivity contribution is 6.52. The van der Waals surface area contributed by atoms with Crippen molar-refractivity contribution in [2.45, 2.75) is 44.9 Å². The van der Waals surface area contributed by atoms with Gasteiger partial charge in [0, 0.05) is 32.3 Å². The quantitative estimate of drug-likeness (QED) is 0.199. The lowest BCUT2D eigenvalue weighted by Gasteiger charge is -2.31. The highest BCUT2D eigenvalue weighted by atomic mass is 35.5. The Morgan fingerprint density at radius 2 is 1.33 bits per heavy atom. The monoisotopic (exact) mass is 614 g/mol. The minimum absolute atomic E-state index is 0.0138. The van der Waals surface area contributed by atoms with Crippen LogP contribution in [0.15, 0.2) is 78.4 Å². The number of hydrogen-bond donors (Lipinski definition) is 3. The second-order valence-corrected chi connectivity index (χ2v) is 11.6. The number of Topliss-reactive ketones (excluding diaryl/α,β-unsaturated/α-hetero) is 2. The lowest BCUT2D eigenvalue weighted by Crippen LogP contribution is -2.29. The van der Waals surface area contributed by atoms with Crippen LogP contribution in [0.5, 0.6) is 0 Å². The molecule has 0 bridgehead atoms. The van der Waals surface area contributed by atoms with E-state index in [4.69, 9.17) is 34.7 Å². The number of fused-ring (bicyclic) bond motifs is 1. The van der Waals surface area contributed by atoms with Gasteiger partial charge in [0.1, 0.15) is 11.6 Å². The molecule has 0 spiro atoms. The number of aromatic nitrogens is 2. The minimum atomic E-state index is -0.545. The molecule has 2 aliphatic rings. The van der Waals surface area contributed by atoms with E-state index in [1.54, 1.807) is 24.3 Å². The van der Waals surface area contributed by atoms with Gasteiger partial charge in [-0.05, 0) is 79.3 Å². The smallest absolute Gasteiger partial charge is 0.234 e. The van der Waals surface area contributed by atoms with E-state index >= 15 is 0 Å². The Bertz CT molecular complexity index is 1690. The van der Waals surface area contributed by atoms with E-state index in [1.165, 1.54) is 5.56 Å². The van der Waals surface area contributed by atoms with Crippen molar-refractivity contribution in [1.29, 1.82) is 0 Å². The predicted octanol–water partition coefficient (Wildman–Crippen LogP) is 7.87. The zero-order valence-corrected chi connectivity index (χ0v) is 25.2. The van der Waals surface area contributed by atoms with Crippen molar-refractivity contribution >= 4 is 52.3 Å². The SMILES string of the molecule is CCc1nc(N)nc(N)c1-c1ccc(Cl)cc1.O=C1C(=O)c2ccccc2C(O)=C1C1CCC(c2ccc(Cl)cc2)CC1. The molecule has 6 rings (SSSR count). The number of halogens is 2.